The highest BCUT2D eigenvalue weighted by Crippen LogP contribution is 2.24. The Hall–Kier alpha value is -1.13. The number of rotatable bonds is 3. The van der Waals surface area contributed by atoms with Crippen LogP contribution >= 0.6 is 0 Å². The molecule has 1 unspecified atom stereocenters. The highest BCUT2D eigenvalue weighted by Gasteiger charge is 2.25. The second kappa shape index (κ2) is 5.67. The lowest BCUT2D eigenvalue weighted by molar-refractivity contribution is 0.0481. The fourth-order valence-electron chi connectivity index (χ4n) is 2.40. The zero-order chi connectivity index (χ0) is 13.0. The zero-order valence-electron chi connectivity index (χ0n) is 11.3. The van der Waals surface area contributed by atoms with Crippen molar-refractivity contribution in [1.82, 2.24) is 10.3 Å². The van der Waals surface area contributed by atoms with Gasteiger partial charge in [0, 0.05) is 25.8 Å². The average molecular weight is 249 g/mol. The summed E-state index contributed by atoms with van der Waals surface area (Å²) in [6.07, 6.45) is 4.64. The third-order valence-corrected chi connectivity index (χ3v) is 3.58. The molecule has 1 aromatic heterocycles. The summed E-state index contributed by atoms with van der Waals surface area (Å²) < 4.78 is 0. The van der Waals surface area contributed by atoms with Gasteiger partial charge in [0.1, 0.15) is 5.82 Å². The molecule has 0 spiro atoms. The highest BCUT2D eigenvalue weighted by atomic mass is 16.3. The molecule has 100 valence electrons. The van der Waals surface area contributed by atoms with E-state index in [0.717, 1.165) is 44.7 Å². The minimum Gasteiger partial charge on any atom is -0.390 e. The summed E-state index contributed by atoms with van der Waals surface area (Å²) in [5, 5.41) is 13.2. The molecule has 1 aliphatic heterocycles. The fourth-order valence-corrected chi connectivity index (χ4v) is 2.40. The lowest BCUT2D eigenvalue weighted by atomic mass is 9.98. The van der Waals surface area contributed by atoms with Gasteiger partial charge in [0.15, 0.2) is 0 Å². The van der Waals surface area contributed by atoms with E-state index >= 15 is 0 Å². The van der Waals surface area contributed by atoms with Gasteiger partial charge in [-0.2, -0.15) is 0 Å². The smallest absolute Gasteiger partial charge is 0.128 e. The number of aromatic nitrogens is 1. The third-order valence-electron chi connectivity index (χ3n) is 3.58. The molecule has 0 radical (unpaired) electrons. The quantitative estimate of drug-likeness (QED) is 0.853. The van der Waals surface area contributed by atoms with Gasteiger partial charge >= 0.3 is 0 Å². The first kappa shape index (κ1) is 13.3. The Labute approximate surface area is 109 Å². The van der Waals surface area contributed by atoms with Gasteiger partial charge in [-0.3, -0.25) is 0 Å². The zero-order valence-corrected chi connectivity index (χ0v) is 11.3. The molecule has 1 aromatic rings. The summed E-state index contributed by atoms with van der Waals surface area (Å²) in [7, 11) is 1.94. The third kappa shape index (κ3) is 3.43. The lowest BCUT2D eigenvalue weighted by Gasteiger charge is -2.23. The molecule has 2 N–H and O–H groups in total. The van der Waals surface area contributed by atoms with Crippen LogP contribution in [0, 0.1) is 0 Å². The largest absolute Gasteiger partial charge is 0.390 e. The molecule has 1 fully saturated rings. The molecule has 2 rings (SSSR count). The number of nitrogens with zero attached hydrogens (tertiary/aromatic N) is 2. The molecule has 2 heterocycles. The maximum Gasteiger partial charge on any atom is 0.128 e. The van der Waals surface area contributed by atoms with Gasteiger partial charge in [-0.15, -0.1) is 0 Å². The molecule has 0 bridgehead atoms. The first-order valence-corrected chi connectivity index (χ1v) is 6.68. The van der Waals surface area contributed by atoms with Gasteiger partial charge in [0.05, 0.1) is 5.60 Å². The Morgan fingerprint density at radius 1 is 1.39 bits per heavy atom. The summed E-state index contributed by atoms with van der Waals surface area (Å²) in [4.78, 5) is 6.78. The average Bonchev–Trinajstić information content (AvgIpc) is 2.52. The summed E-state index contributed by atoms with van der Waals surface area (Å²) >= 11 is 0. The predicted octanol–water partition coefficient (Wildman–Crippen LogP) is 1.54. The lowest BCUT2D eigenvalue weighted by Crippen LogP contribution is -2.28. The van der Waals surface area contributed by atoms with E-state index in [-0.39, 0.29) is 0 Å². The standard InChI is InChI=1S/C14H23N3O/c1-14(18)6-3-8-17(9-7-14)13-5-4-12(10-15-2)11-16-13/h4-5,11,15,18H,3,6-10H2,1-2H3. The second-order valence-electron chi connectivity index (χ2n) is 5.39. The topological polar surface area (TPSA) is 48.4 Å². The molecule has 4 nitrogen and oxygen atoms in total. The minimum absolute atomic E-state index is 0.513. The van der Waals surface area contributed by atoms with E-state index in [1.807, 2.05) is 20.2 Å². The summed E-state index contributed by atoms with van der Waals surface area (Å²) in [6, 6.07) is 4.19. The van der Waals surface area contributed by atoms with Crippen molar-refractivity contribution in [2.24, 2.45) is 0 Å². The number of nitrogens with one attached hydrogen (secondary N) is 1. The van der Waals surface area contributed by atoms with E-state index in [1.54, 1.807) is 0 Å². The van der Waals surface area contributed by atoms with Gasteiger partial charge in [0.2, 0.25) is 0 Å². The van der Waals surface area contributed by atoms with E-state index < -0.39 is 5.60 Å². The molecule has 1 atom stereocenters. The van der Waals surface area contributed by atoms with Crippen LogP contribution in [0.5, 0.6) is 0 Å². The minimum atomic E-state index is -0.513. The van der Waals surface area contributed by atoms with E-state index in [4.69, 9.17) is 0 Å². The molecule has 4 heteroatoms. The van der Waals surface area contributed by atoms with Gasteiger partial charge < -0.3 is 15.3 Å². The van der Waals surface area contributed by atoms with Crippen LogP contribution in [0.2, 0.25) is 0 Å². The molecular formula is C14H23N3O. The van der Waals surface area contributed by atoms with Crippen LogP contribution in [0.3, 0.4) is 0 Å². The Morgan fingerprint density at radius 2 is 2.22 bits per heavy atom. The highest BCUT2D eigenvalue weighted by molar-refractivity contribution is 5.39. The van der Waals surface area contributed by atoms with Crippen molar-refractivity contribution in [1.29, 1.82) is 0 Å². The van der Waals surface area contributed by atoms with Crippen molar-refractivity contribution in [2.45, 2.75) is 38.3 Å². The van der Waals surface area contributed by atoms with Crippen LogP contribution in [0.15, 0.2) is 18.3 Å². The number of hydrogen-bond acceptors (Lipinski definition) is 4. The summed E-state index contributed by atoms with van der Waals surface area (Å²) in [6.45, 7) is 4.64. The first-order valence-electron chi connectivity index (χ1n) is 6.68. The summed E-state index contributed by atoms with van der Waals surface area (Å²) in [5.74, 6) is 1.02. The van der Waals surface area contributed by atoms with Crippen LogP contribution in [-0.4, -0.2) is 35.8 Å². The van der Waals surface area contributed by atoms with Crippen molar-refractivity contribution >= 4 is 5.82 Å². The van der Waals surface area contributed by atoms with Crippen molar-refractivity contribution in [3.8, 4) is 0 Å². The molecule has 0 aromatic carbocycles. The maximum absolute atomic E-state index is 10.1. The van der Waals surface area contributed by atoms with Crippen molar-refractivity contribution in [3.63, 3.8) is 0 Å². The van der Waals surface area contributed by atoms with Crippen LogP contribution in [-0.2, 0) is 6.54 Å². The summed E-state index contributed by atoms with van der Waals surface area (Å²) in [5.41, 5.74) is 0.684. The Morgan fingerprint density at radius 3 is 2.89 bits per heavy atom. The maximum atomic E-state index is 10.1. The SMILES string of the molecule is CNCc1ccc(N2CCCC(C)(O)CC2)nc1. The molecule has 1 saturated heterocycles. The first-order chi connectivity index (χ1) is 8.61. The van der Waals surface area contributed by atoms with Gasteiger partial charge in [-0.1, -0.05) is 6.07 Å². The molecule has 1 aliphatic rings. The van der Waals surface area contributed by atoms with Crippen molar-refractivity contribution in [2.75, 3.05) is 25.0 Å². The monoisotopic (exact) mass is 249 g/mol. The number of aliphatic hydroxyl groups is 1. The number of hydrogen-bond donors (Lipinski definition) is 2. The van der Waals surface area contributed by atoms with Crippen molar-refractivity contribution in [3.05, 3.63) is 23.9 Å². The van der Waals surface area contributed by atoms with E-state index in [9.17, 15) is 5.11 Å². The van der Waals surface area contributed by atoms with Crippen LogP contribution in [0.4, 0.5) is 5.82 Å². The number of pyridine rings is 1. The van der Waals surface area contributed by atoms with E-state index in [1.165, 1.54) is 5.56 Å². The molecular weight excluding hydrogens is 226 g/mol. The van der Waals surface area contributed by atoms with Gasteiger partial charge in [0.25, 0.3) is 0 Å². The van der Waals surface area contributed by atoms with Crippen LogP contribution in [0.25, 0.3) is 0 Å². The van der Waals surface area contributed by atoms with E-state index in [2.05, 4.69) is 27.3 Å². The van der Waals surface area contributed by atoms with Gasteiger partial charge in [-0.05, 0) is 44.9 Å². The molecule has 0 amide bonds. The van der Waals surface area contributed by atoms with Gasteiger partial charge in [-0.25, -0.2) is 4.98 Å². The fraction of sp³-hybridized carbons (Fsp3) is 0.643. The Balaban J connectivity index is 2.02. The van der Waals surface area contributed by atoms with Crippen LogP contribution in [0.1, 0.15) is 31.7 Å². The molecule has 0 aliphatic carbocycles. The normalized spacial score (nSPS) is 24.9. The van der Waals surface area contributed by atoms with E-state index in [0.29, 0.717) is 0 Å². The number of anilines is 1. The Kier molecular flexibility index (Phi) is 4.19. The Bertz CT molecular complexity index is 375. The predicted molar refractivity (Wildman–Crippen MR) is 73.7 cm³/mol. The molecule has 0 saturated carbocycles. The molecule has 18 heavy (non-hydrogen) atoms. The second-order valence-corrected chi connectivity index (χ2v) is 5.39. The van der Waals surface area contributed by atoms with Crippen molar-refractivity contribution < 1.29 is 5.11 Å². The van der Waals surface area contributed by atoms with Crippen LogP contribution < -0.4 is 10.2 Å².